The topological polar surface area (TPSA) is 85.1 Å². The Bertz CT molecular complexity index is 701. The smallest absolute Gasteiger partial charge is 0.247 e. The van der Waals surface area contributed by atoms with Crippen molar-refractivity contribution < 1.29 is 12.8 Å². The number of anilines is 1. The maximum absolute atomic E-state index is 12.1. The third-order valence-electron chi connectivity index (χ3n) is 2.88. The van der Waals surface area contributed by atoms with Crippen molar-refractivity contribution in [2.45, 2.75) is 13.8 Å². The van der Waals surface area contributed by atoms with Crippen molar-refractivity contribution >= 4 is 27.3 Å². The summed E-state index contributed by atoms with van der Waals surface area (Å²) in [5.41, 5.74) is 1.95. The normalized spacial score (nSPS) is 13.1. The zero-order valence-electron chi connectivity index (χ0n) is 11.7. The number of nitrogens with zero attached hydrogens (tertiary/aromatic N) is 2. The van der Waals surface area contributed by atoms with Gasteiger partial charge in [-0.15, -0.1) is 21.8 Å². The highest BCUT2D eigenvalue weighted by molar-refractivity contribution is 7.92. The minimum Gasteiger partial charge on any atom is -0.423 e. The number of rotatable bonds is 6. The van der Waals surface area contributed by atoms with Crippen LogP contribution >= 0.6 is 11.6 Å². The van der Waals surface area contributed by atoms with Crippen molar-refractivity contribution in [3.8, 4) is 11.5 Å². The highest BCUT2D eigenvalue weighted by atomic mass is 35.5. The molecule has 2 aromatic rings. The van der Waals surface area contributed by atoms with Crippen molar-refractivity contribution in [3.05, 3.63) is 30.2 Å². The molecule has 0 aliphatic heterocycles. The van der Waals surface area contributed by atoms with Gasteiger partial charge in [-0.05, 0) is 30.5 Å². The van der Waals surface area contributed by atoms with E-state index in [1.807, 2.05) is 6.92 Å². The van der Waals surface area contributed by atoms with Crippen LogP contribution in [0.15, 0.2) is 29.0 Å². The second-order valence-corrected chi connectivity index (χ2v) is 6.99. The fraction of sp³-hybridized carbons (Fsp3) is 0.385. The van der Waals surface area contributed by atoms with Gasteiger partial charge in [0.15, 0.2) is 0 Å². The Kier molecular flexibility index (Phi) is 4.84. The molecule has 1 unspecified atom stereocenters. The molecule has 0 amide bonds. The quantitative estimate of drug-likeness (QED) is 0.823. The predicted molar refractivity (Wildman–Crippen MR) is 81.8 cm³/mol. The molecule has 0 spiro atoms. The third kappa shape index (κ3) is 4.18. The van der Waals surface area contributed by atoms with E-state index >= 15 is 0 Å². The SMILES string of the molecule is Cc1ccc(-c2nnco2)cc1NS(=O)(=O)CC(C)CCl. The Hall–Kier alpha value is -1.60. The lowest BCUT2D eigenvalue weighted by atomic mass is 10.1. The van der Waals surface area contributed by atoms with E-state index in [4.69, 9.17) is 16.0 Å². The molecule has 0 aliphatic carbocycles. The minimum atomic E-state index is -3.46. The summed E-state index contributed by atoms with van der Waals surface area (Å²) < 4.78 is 31.9. The van der Waals surface area contributed by atoms with Crippen molar-refractivity contribution in [3.63, 3.8) is 0 Å². The fourth-order valence-electron chi connectivity index (χ4n) is 1.79. The molecule has 1 heterocycles. The third-order valence-corrected chi connectivity index (χ3v) is 4.94. The molecule has 8 heteroatoms. The number of halogens is 1. The number of aryl methyl sites for hydroxylation is 1. The number of alkyl halides is 1. The fourth-order valence-corrected chi connectivity index (χ4v) is 3.54. The predicted octanol–water partition coefficient (Wildman–Crippen LogP) is 2.66. The molecule has 0 aliphatic rings. The van der Waals surface area contributed by atoms with Gasteiger partial charge in [0.2, 0.25) is 22.3 Å². The first-order valence-corrected chi connectivity index (χ1v) is 8.53. The first kappa shape index (κ1) is 15.8. The van der Waals surface area contributed by atoms with Crippen LogP contribution in [0.3, 0.4) is 0 Å². The van der Waals surface area contributed by atoms with Crippen molar-refractivity contribution in [2.75, 3.05) is 16.4 Å². The summed E-state index contributed by atoms with van der Waals surface area (Å²) in [7, 11) is -3.46. The summed E-state index contributed by atoms with van der Waals surface area (Å²) in [6.45, 7) is 3.61. The van der Waals surface area contributed by atoms with Crippen LogP contribution in [-0.2, 0) is 10.0 Å². The summed E-state index contributed by atoms with van der Waals surface area (Å²) >= 11 is 5.67. The van der Waals surface area contributed by atoms with E-state index in [0.717, 1.165) is 5.56 Å². The summed E-state index contributed by atoms with van der Waals surface area (Å²) in [5, 5.41) is 7.41. The molecule has 1 aromatic heterocycles. The Morgan fingerprint density at radius 1 is 1.43 bits per heavy atom. The number of hydrogen-bond acceptors (Lipinski definition) is 5. The molecule has 114 valence electrons. The van der Waals surface area contributed by atoms with Gasteiger partial charge >= 0.3 is 0 Å². The molecule has 1 N–H and O–H groups in total. The average molecular weight is 330 g/mol. The molecule has 1 aromatic carbocycles. The molecule has 0 fully saturated rings. The summed E-state index contributed by atoms with van der Waals surface area (Å²) in [4.78, 5) is 0. The van der Waals surface area contributed by atoms with Crippen molar-refractivity contribution in [1.29, 1.82) is 0 Å². The first-order chi connectivity index (χ1) is 9.91. The average Bonchev–Trinajstić information content (AvgIpc) is 2.94. The molecule has 0 radical (unpaired) electrons. The monoisotopic (exact) mass is 329 g/mol. The maximum Gasteiger partial charge on any atom is 0.247 e. The number of aromatic nitrogens is 2. The van der Waals surface area contributed by atoms with Crippen LogP contribution in [0.2, 0.25) is 0 Å². The number of benzene rings is 1. The van der Waals surface area contributed by atoms with E-state index in [2.05, 4.69) is 14.9 Å². The largest absolute Gasteiger partial charge is 0.423 e. The highest BCUT2D eigenvalue weighted by Crippen LogP contribution is 2.25. The second kappa shape index (κ2) is 6.44. The Morgan fingerprint density at radius 2 is 2.19 bits per heavy atom. The molecule has 0 saturated carbocycles. The van der Waals surface area contributed by atoms with E-state index in [-0.39, 0.29) is 11.7 Å². The van der Waals surface area contributed by atoms with Gasteiger partial charge < -0.3 is 4.42 Å². The van der Waals surface area contributed by atoms with E-state index in [0.29, 0.717) is 23.0 Å². The second-order valence-electron chi connectivity index (χ2n) is 4.92. The summed E-state index contributed by atoms with van der Waals surface area (Å²) in [5.74, 6) is 0.482. The molecule has 2 rings (SSSR count). The number of sulfonamides is 1. The molecular formula is C13H16ClN3O3S. The van der Waals surface area contributed by atoms with E-state index in [9.17, 15) is 8.42 Å². The molecule has 0 bridgehead atoms. The van der Waals surface area contributed by atoms with Crippen LogP contribution in [-0.4, -0.2) is 30.2 Å². The molecule has 21 heavy (non-hydrogen) atoms. The van der Waals surface area contributed by atoms with Gasteiger partial charge in [-0.3, -0.25) is 4.72 Å². The van der Waals surface area contributed by atoms with Gasteiger partial charge in [0.1, 0.15) is 0 Å². The standard InChI is InChI=1S/C13H16ClN3O3S/c1-9(6-14)7-21(18,19)17-12-5-11(4-3-10(12)2)13-16-15-8-20-13/h3-5,8-9,17H,6-7H2,1-2H3. The van der Waals surface area contributed by atoms with E-state index in [1.54, 1.807) is 25.1 Å². The van der Waals surface area contributed by atoms with E-state index < -0.39 is 10.0 Å². The van der Waals surface area contributed by atoms with Crippen LogP contribution < -0.4 is 4.72 Å². The maximum atomic E-state index is 12.1. The van der Waals surface area contributed by atoms with Crippen LogP contribution in [0.1, 0.15) is 12.5 Å². The lowest BCUT2D eigenvalue weighted by molar-refractivity contribution is 0.568. The van der Waals surface area contributed by atoms with E-state index in [1.165, 1.54) is 6.39 Å². The molecule has 6 nitrogen and oxygen atoms in total. The zero-order chi connectivity index (χ0) is 15.5. The van der Waals surface area contributed by atoms with Crippen LogP contribution in [0.25, 0.3) is 11.5 Å². The molecular weight excluding hydrogens is 314 g/mol. The van der Waals surface area contributed by atoms with Crippen LogP contribution in [0, 0.1) is 12.8 Å². The Morgan fingerprint density at radius 3 is 2.81 bits per heavy atom. The van der Waals surface area contributed by atoms with Gasteiger partial charge in [0, 0.05) is 11.4 Å². The zero-order valence-corrected chi connectivity index (χ0v) is 13.3. The van der Waals surface area contributed by atoms with Gasteiger partial charge in [-0.2, -0.15) is 0 Å². The Labute approximate surface area is 128 Å². The molecule has 1 atom stereocenters. The van der Waals surface area contributed by atoms with Crippen molar-refractivity contribution in [2.24, 2.45) is 5.92 Å². The Balaban J connectivity index is 2.26. The highest BCUT2D eigenvalue weighted by Gasteiger charge is 2.17. The van der Waals surface area contributed by atoms with Gasteiger partial charge in [-0.25, -0.2) is 8.42 Å². The van der Waals surface area contributed by atoms with Crippen LogP contribution in [0.4, 0.5) is 5.69 Å². The summed E-state index contributed by atoms with van der Waals surface area (Å²) in [6.07, 6.45) is 1.22. The summed E-state index contributed by atoms with van der Waals surface area (Å²) in [6, 6.07) is 5.26. The molecule has 0 saturated heterocycles. The minimum absolute atomic E-state index is 0.0271. The number of hydrogen-bond donors (Lipinski definition) is 1. The van der Waals surface area contributed by atoms with Crippen molar-refractivity contribution in [1.82, 2.24) is 10.2 Å². The van der Waals surface area contributed by atoms with Gasteiger partial charge in [0.05, 0.1) is 11.4 Å². The lowest BCUT2D eigenvalue weighted by Gasteiger charge is -2.13. The lowest BCUT2D eigenvalue weighted by Crippen LogP contribution is -2.22. The first-order valence-electron chi connectivity index (χ1n) is 6.35. The van der Waals surface area contributed by atoms with Gasteiger partial charge in [-0.1, -0.05) is 13.0 Å². The van der Waals surface area contributed by atoms with Gasteiger partial charge in [0.25, 0.3) is 0 Å². The number of nitrogens with one attached hydrogen (secondary N) is 1. The van der Waals surface area contributed by atoms with Crippen LogP contribution in [0.5, 0.6) is 0 Å².